The number of hydrogen-bond acceptors (Lipinski definition) is 3. The molecule has 0 saturated heterocycles. The van der Waals surface area contributed by atoms with E-state index in [1.54, 1.807) is 36.2 Å². The lowest BCUT2D eigenvalue weighted by Crippen LogP contribution is -1.96. The van der Waals surface area contributed by atoms with Crippen molar-refractivity contribution in [2.75, 3.05) is 7.11 Å². The minimum absolute atomic E-state index is 0.321. The van der Waals surface area contributed by atoms with Crippen LogP contribution in [-0.4, -0.2) is 22.1 Å². The van der Waals surface area contributed by atoms with Gasteiger partial charge in [0.05, 0.1) is 35.6 Å². The van der Waals surface area contributed by atoms with Crippen molar-refractivity contribution < 1.29 is 4.74 Å². The molecule has 16 heavy (non-hydrogen) atoms. The Bertz CT molecular complexity index is 499. The first kappa shape index (κ1) is 11.2. The highest BCUT2D eigenvalue weighted by Gasteiger charge is 2.07. The van der Waals surface area contributed by atoms with Crippen LogP contribution in [0.3, 0.4) is 0 Å². The first-order valence-corrected chi connectivity index (χ1v) is 5.47. The number of aromatic nitrogens is 3. The van der Waals surface area contributed by atoms with E-state index in [0.717, 1.165) is 0 Å². The van der Waals surface area contributed by atoms with Crippen LogP contribution in [0.4, 0.5) is 0 Å². The summed E-state index contributed by atoms with van der Waals surface area (Å²) in [4.78, 5) is 0. The molecular formula is C10H9Cl2N3O. The molecule has 0 unspecified atom stereocenters. The molecule has 1 aromatic heterocycles. The molecule has 84 valence electrons. The number of alkyl halides is 1. The Morgan fingerprint density at radius 2 is 2.25 bits per heavy atom. The molecule has 0 amide bonds. The molecule has 0 N–H and O–H groups in total. The zero-order chi connectivity index (χ0) is 11.5. The van der Waals surface area contributed by atoms with Gasteiger partial charge in [-0.2, -0.15) is 0 Å². The summed E-state index contributed by atoms with van der Waals surface area (Å²) in [6.45, 7) is 0. The summed E-state index contributed by atoms with van der Waals surface area (Å²) in [5, 5.41) is 8.40. The molecule has 2 aromatic rings. The molecule has 4 nitrogen and oxygen atoms in total. The third-order valence-corrected chi connectivity index (χ3v) is 2.67. The Labute approximate surface area is 103 Å². The first-order valence-electron chi connectivity index (χ1n) is 4.55. The standard InChI is InChI=1S/C10H9Cl2N3O/c1-16-8-2-3-9(12)10(4-8)15-6-7(5-11)13-14-15/h2-4,6H,5H2,1H3. The molecule has 1 aromatic carbocycles. The molecule has 0 aliphatic carbocycles. The summed E-state index contributed by atoms with van der Waals surface area (Å²) in [6, 6.07) is 5.32. The van der Waals surface area contributed by atoms with E-state index in [4.69, 9.17) is 27.9 Å². The second-order valence-corrected chi connectivity index (χ2v) is 3.78. The number of halogens is 2. The Kier molecular flexibility index (Phi) is 3.31. The molecule has 0 saturated carbocycles. The predicted molar refractivity (Wildman–Crippen MR) is 62.5 cm³/mol. The highest BCUT2D eigenvalue weighted by Crippen LogP contribution is 2.24. The number of ether oxygens (including phenoxy) is 1. The maximum Gasteiger partial charge on any atom is 0.121 e. The highest BCUT2D eigenvalue weighted by atomic mass is 35.5. The van der Waals surface area contributed by atoms with Gasteiger partial charge in [-0.25, -0.2) is 4.68 Å². The second-order valence-electron chi connectivity index (χ2n) is 3.11. The fraction of sp³-hybridized carbons (Fsp3) is 0.200. The van der Waals surface area contributed by atoms with Gasteiger partial charge in [-0.3, -0.25) is 0 Å². The van der Waals surface area contributed by atoms with Crippen LogP contribution in [0.15, 0.2) is 24.4 Å². The molecule has 0 fully saturated rings. The van der Waals surface area contributed by atoms with Crippen molar-refractivity contribution in [1.82, 2.24) is 15.0 Å². The number of hydrogen-bond donors (Lipinski definition) is 0. The summed E-state index contributed by atoms with van der Waals surface area (Å²) >= 11 is 11.7. The number of nitrogens with zero attached hydrogens (tertiary/aromatic N) is 3. The van der Waals surface area contributed by atoms with E-state index in [0.29, 0.717) is 28.0 Å². The van der Waals surface area contributed by atoms with Gasteiger partial charge in [0, 0.05) is 6.07 Å². The predicted octanol–water partition coefficient (Wildman–Crippen LogP) is 2.67. The van der Waals surface area contributed by atoms with E-state index in [-0.39, 0.29) is 0 Å². The van der Waals surface area contributed by atoms with Crippen molar-refractivity contribution in [1.29, 1.82) is 0 Å². The van der Waals surface area contributed by atoms with Crippen LogP contribution < -0.4 is 4.74 Å². The molecule has 0 bridgehead atoms. The van der Waals surface area contributed by atoms with E-state index in [1.807, 2.05) is 0 Å². The molecule has 2 rings (SSSR count). The van der Waals surface area contributed by atoms with Crippen LogP contribution in [0.25, 0.3) is 5.69 Å². The summed E-state index contributed by atoms with van der Waals surface area (Å²) in [5.41, 5.74) is 1.41. The van der Waals surface area contributed by atoms with Crippen LogP contribution in [0.2, 0.25) is 5.02 Å². The van der Waals surface area contributed by atoms with Crippen molar-refractivity contribution in [3.63, 3.8) is 0 Å². The van der Waals surface area contributed by atoms with Gasteiger partial charge in [-0.1, -0.05) is 16.8 Å². The third-order valence-electron chi connectivity index (χ3n) is 2.08. The summed E-state index contributed by atoms with van der Waals surface area (Å²) in [6.07, 6.45) is 1.73. The smallest absolute Gasteiger partial charge is 0.121 e. The molecule has 0 aliphatic rings. The molecule has 6 heteroatoms. The van der Waals surface area contributed by atoms with Crippen LogP contribution in [0, 0.1) is 0 Å². The Morgan fingerprint density at radius 1 is 1.44 bits per heavy atom. The molecule has 0 aliphatic heterocycles. The van der Waals surface area contributed by atoms with Crippen LogP contribution in [0.1, 0.15) is 5.69 Å². The minimum atomic E-state index is 0.321. The van der Waals surface area contributed by atoms with E-state index in [2.05, 4.69) is 10.3 Å². The lowest BCUT2D eigenvalue weighted by molar-refractivity contribution is 0.414. The number of benzene rings is 1. The molecular weight excluding hydrogens is 249 g/mol. The largest absolute Gasteiger partial charge is 0.497 e. The maximum absolute atomic E-state index is 6.06. The van der Waals surface area contributed by atoms with Gasteiger partial charge in [0.25, 0.3) is 0 Å². The Morgan fingerprint density at radius 3 is 2.88 bits per heavy atom. The van der Waals surface area contributed by atoms with Crippen molar-refractivity contribution in [2.45, 2.75) is 5.88 Å². The van der Waals surface area contributed by atoms with Gasteiger partial charge in [0.1, 0.15) is 5.75 Å². The maximum atomic E-state index is 6.06. The average Bonchev–Trinajstić information content (AvgIpc) is 2.78. The van der Waals surface area contributed by atoms with Crippen molar-refractivity contribution in [3.05, 3.63) is 35.1 Å². The zero-order valence-corrected chi connectivity index (χ0v) is 10.0. The fourth-order valence-electron chi connectivity index (χ4n) is 1.27. The summed E-state index contributed by atoms with van der Waals surface area (Å²) in [5.74, 6) is 1.03. The Balaban J connectivity index is 2.45. The van der Waals surface area contributed by atoms with E-state index in [1.165, 1.54) is 0 Å². The quantitative estimate of drug-likeness (QED) is 0.794. The topological polar surface area (TPSA) is 39.9 Å². The lowest BCUT2D eigenvalue weighted by Gasteiger charge is -2.05. The summed E-state index contributed by atoms with van der Waals surface area (Å²) < 4.78 is 6.69. The van der Waals surface area contributed by atoms with E-state index >= 15 is 0 Å². The van der Waals surface area contributed by atoms with Crippen molar-refractivity contribution in [3.8, 4) is 11.4 Å². The van der Waals surface area contributed by atoms with E-state index < -0.39 is 0 Å². The van der Waals surface area contributed by atoms with Crippen molar-refractivity contribution >= 4 is 23.2 Å². The van der Waals surface area contributed by atoms with Gasteiger partial charge in [0.15, 0.2) is 0 Å². The van der Waals surface area contributed by atoms with Crippen molar-refractivity contribution in [2.24, 2.45) is 0 Å². The normalized spacial score (nSPS) is 10.4. The SMILES string of the molecule is COc1ccc(Cl)c(-n2cc(CCl)nn2)c1. The molecule has 0 spiro atoms. The van der Waals surface area contributed by atoms with Gasteiger partial charge in [0.2, 0.25) is 0 Å². The zero-order valence-electron chi connectivity index (χ0n) is 8.52. The minimum Gasteiger partial charge on any atom is -0.497 e. The van der Waals surface area contributed by atoms with Crippen LogP contribution >= 0.6 is 23.2 Å². The Hall–Kier alpha value is -1.26. The van der Waals surface area contributed by atoms with Crippen LogP contribution in [0.5, 0.6) is 5.75 Å². The lowest BCUT2D eigenvalue weighted by atomic mass is 10.3. The molecule has 0 atom stereocenters. The van der Waals surface area contributed by atoms with E-state index in [9.17, 15) is 0 Å². The first-order chi connectivity index (χ1) is 7.74. The highest BCUT2D eigenvalue weighted by molar-refractivity contribution is 6.32. The molecule has 1 heterocycles. The van der Waals surface area contributed by atoms with Gasteiger partial charge in [-0.15, -0.1) is 16.7 Å². The average molecular weight is 258 g/mol. The third kappa shape index (κ3) is 2.13. The number of rotatable bonds is 3. The molecule has 0 radical (unpaired) electrons. The summed E-state index contributed by atoms with van der Waals surface area (Å²) in [7, 11) is 1.60. The van der Waals surface area contributed by atoms with Gasteiger partial charge >= 0.3 is 0 Å². The monoisotopic (exact) mass is 257 g/mol. The number of methoxy groups -OCH3 is 1. The fourth-order valence-corrected chi connectivity index (χ4v) is 1.60. The van der Waals surface area contributed by atoms with Gasteiger partial charge in [-0.05, 0) is 12.1 Å². The van der Waals surface area contributed by atoms with Gasteiger partial charge < -0.3 is 4.74 Å². The van der Waals surface area contributed by atoms with Crippen LogP contribution in [-0.2, 0) is 5.88 Å². The second kappa shape index (κ2) is 4.72.